The minimum Gasteiger partial charge on any atom is -0.487 e. The normalized spacial score (nSPS) is 17.0. The highest BCUT2D eigenvalue weighted by Gasteiger charge is 2.53. The molecule has 2 heterocycles. The van der Waals surface area contributed by atoms with E-state index in [4.69, 9.17) is 29.6 Å². The lowest BCUT2D eigenvalue weighted by Gasteiger charge is -2.36. The Bertz CT molecular complexity index is 1290. The lowest BCUT2D eigenvalue weighted by molar-refractivity contribution is -0.139. The quantitative estimate of drug-likeness (QED) is 0.257. The fraction of sp³-hybridized carbons (Fsp3) is 0.130. The first kappa shape index (κ1) is 20.2. The number of nitrogens with zero attached hydrogens (tertiary/aromatic N) is 3. The first-order valence-electron chi connectivity index (χ1n) is 9.81. The summed E-state index contributed by atoms with van der Waals surface area (Å²) in [4.78, 5) is 26.4. The minimum absolute atomic E-state index is 0.206. The highest BCUT2D eigenvalue weighted by molar-refractivity contribution is 5.97. The molecule has 0 aromatic heterocycles. The summed E-state index contributed by atoms with van der Waals surface area (Å²) < 4.78 is 22.9. The second kappa shape index (κ2) is 7.77. The smallest absolute Gasteiger partial charge is 0.341 e. The van der Waals surface area contributed by atoms with Crippen LogP contribution >= 0.6 is 0 Å². The number of hydrogen-bond donors (Lipinski definition) is 1. The SMILES string of the molecule is [N-]=[N+]=NCOc1ccc2c(c1)Oc1cc(OCC(=O)O)ccc1C21OC(=O)c2ccccc21. The Labute approximate surface area is 186 Å². The molecule has 3 aromatic carbocycles. The third-order valence-corrected chi connectivity index (χ3v) is 5.37. The number of carboxylic acids is 1. The van der Waals surface area contributed by atoms with Gasteiger partial charge in [-0.05, 0) is 35.9 Å². The molecule has 33 heavy (non-hydrogen) atoms. The number of hydrogen-bond acceptors (Lipinski definition) is 7. The van der Waals surface area contributed by atoms with Gasteiger partial charge in [-0.1, -0.05) is 23.3 Å². The molecule has 0 amide bonds. The van der Waals surface area contributed by atoms with Crippen LogP contribution in [0.2, 0.25) is 0 Å². The van der Waals surface area contributed by atoms with Crippen molar-refractivity contribution in [1.29, 1.82) is 0 Å². The molecule has 0 radical (unpaired) electrons. The van der Waals surface area contributed by atoms with Crippen LogP contribution in [0.4, 0.5) is 0 Å². The van der Waals surface area contributed by atoms with Crippen molar-refractivity contribution < 1.29 is 33.6 Å². The third kappa shape index (κ3) is 3.26. The van der Waals surface area contributed by atoms with Gasteiger partial charge < -0.3 is 24.1 Å². The number of rotatable bonds is 6. The molecule has 0 saturated carbocycles. The molecule has 2 aliphatic rings. The zero-order chi connectivity index (χ0) is 23.0. The standard InChI is InChI=1S/C23H15N3O7/c24-26-25-12-31-14-6-8-18-20(10-14)32-19-9-13(30-11-21(27)28)5-7-17(19)23(18)16-4-2-1-3-15(16)22(29)33-23/h1-10H,11-12H2,(H,27,28). The van der Waals surface area contributed by atoms with Crippen LogP contribution in [0.1, 0.15) is 27.0 Å². The fourth-order valence-corrected chi connectivity index (χ4v) is 4.09. The zero-order valence-electron chi connectivity index (χ0n) is 16.9. The van der Waals surface area contributed by atoms with Crippen molar-refractivity contribution in [3.8, 4) is 23.0 Å². The van der Waals surface area contributed by atoms with Gasteiger partial charge in [0.15, 0.2) is 18.9 Å². The monoisotopic (exact) mass is 445 g/mol. The molecule has 3 aromatic rings. The number of azide groups is 1. The molecule has 10 nitrogen and oxygen atoms in total. The van der Waals surface area contributed by atoms with E-state index in [0.717, 1.165) is 0 Å². The maximum atomic E-state index is 12.8. The summed E-state index contributed by atoms with van der Waals surface area (Å²) in [5, 5.41) is 12.3. The average Bonchev–Trinajstić information content (AvgIpc) is 3.11. The fourth-order valence-electron chi connectivity index (χ4n) is 4.09. The number of fused-ring (bicyclic) bond motifs is 6. The van der Waals surface area contributed by atoms with Gasteiger partial charge in [0.05, 0.1) is 5.56 Å². The van der Waals surface area contributed by atoms with Gasteiger partial charge in [0.25, 0.3) is 0 Å². The molecule has 0 fully saturated rings. The number of carboxylic acid groups (broad SMARTS) is 1. The number of aliphatic carboxylic acids is 1. The van der Waals surface area contributed by atoms with Crippen molar-refractivity contribution in [3.63, 3.8) is 0 Å². The second-order valence-electron chi connectivity index (χ2n) is 7.22. The highest BCUT2D eigenvalue weighted by atomic mass is 16.6. The van der Waals surface area contributed by atoms with Crippen LogP contribution in [0.15, 0.2) is 65.8 Å². The molecule has 1 unspecified atom stereocenters. The summed E-state index contributed by atoms with van der Waals surface area (Å²) in [5.41, 5.74) is 9.44. The van der Waals surface area contributed by atoms with E-state index < -0.39 is 24.1 Å². The van der Waals surface area contributed by atoms with Gasteiger partial charge in [-0.2, -0.15) is 0 Å². The molecule has 1 atom stereocenters. The number of carbonyl (C=O) groups excluding carboxylic acids is 1. The van der Waals surface area contributed by atoms with Crippen molar-refractivity contribution in [3.05, 3.63) is 93.4 Å². The van der Waals surface area contributed by atoms with Crippen molar-refractivity contribution >= 4 is 11.9 Å². The summed E-state index contributed by atoms with van der Waals surface area (Å²) in [6.45, 7) is -0.724. The highest BCUT2D eigenvalue weighted by Crippen LogP contribution is 2.56. The predicted octanol–water partition coefficient (Wildman–Crippen LogP) is 4.36. The molecule has 0 aliphatic carbocycles. The Kier molecular flexibility index (Phi) is 4.77. The van der Waals surface area contributed by atoms with E-state index in [1.807, 2.05) is 12.1 Å². The first-order valence-corrected chi connectivity index (χ1v) is 9.81. The van der Waals surface area contributed by atoms with Gasteiger partial charge >= 0.3 is 11.9 Å². The van der Waals surface area contributed by atoms with Gasteiger partial charge in [-0.15, -0.1) is 0 Å². The first-order chi connectivity index (χ1) is 16.0. The summed E-state index contributed by atoms with van der Waals surface area (Å²) in [6.07, 6.45) is 0. The van der Waals surface area contributed by atoms with Crippen LogP contribution in [0, 0.1) is 0 Å². The summed E-state index contributed by atoms with van der Waals surface area (Å²) in [5.74, 6) is -0.225. The number of benzene rings is 3. The van der Waals surface area contributed by atoms with Crippen molar-refractivity contribution in [2.45, 2.75) is 5.60 Å². The van der Waals surface area contributed by atoms with Crippen LogP contribution in [0.25, 0.3) is 10.4 Å². The van der Waals surface area contributed by atoms with Crippen molar-refractivity contribution in [1.82, 2.24) is 0 Å². The van der Waals surface area contributed by atoms with E-state index in [1.54, 1.807) is 48.5 Å². The Hall–Kier alpha value is -4.69. The maximum absolute atomic E-state index is 12.8. The van der Waals surface area contributed by atoms with Gasteiger partial charge in [-0.3, -0.25) is 0 Å². The van der Waals surface area contributed by atoms with E-state index in [-0.39, 0.29) is 12.5 Å². The maximum Gasteiger partial charge on any atom is 0.341 e. The Morgan fingerprint density at radius 3 is 2.33 bits per heavy atom. The Morgan fingerprint density at radius 1 is 1.00 bits per heavy atom. The molecular formula is C23H15N3O7. The van der Waals surface area contributed by atoms with Gasteiger partial charge in [-0.25, -0.2) is 9.59 Å². The summed E-state index contributed by atoms with van der Waals surface area (Å²) in [7, 11) is 0. The van der Waals surface area contributed by atoms with Gasteiger partial charge in [0.2, 0.25) is 0 Å². The molecular weight excluding hydrogens is 430 g/mol. The van der Waals surface area contributed by atoms with E-state index in [0.29, 0.717) is 39.5 Å². The van der Waals surface area contributed by atoms with Crippen LogP contribution < -0.4 is 14.2 Å². The molecule has 5 rings (SSSR count). The molecule has 1 N–H and O–H groups in total. The third-order valence-electron chi connectivity index (χ3n) is 5.37. The van der Waals surface area contributed by atoms with E-state index in [1.165, 1.54) is 0 Å². The Balaban J connectivity index is 1.67. The largest absolute Gasteiger partial charge is 0.487 e. The molecule has 1 spiro atoms. The molecule has 164 valence electrons. The average molecular weight is 445 g/mol. The summed E-state index contributed by atoms with van der Waals surface area (Å²) in [6, 6.07) is 16.9. The molecule has 0 bridgehead atoms. The summed E-state index contributed by atoms with van der Waals surface area (Å²) >= 11 is 0. The number of ether oxygens (including phenoxy) is 4. The Morgan fingerprint density at radius 2 is 1.67 bits per heavy atom. The van der Waals surface area contributed by atoms with Crippen LogP contribution in [-0.2, 0) is 15.1 Å². The number of esters is 1. The minimum atomic E-state index is -1.27. The van der Waals surface area contributed by atoms with Gasteiger partial charge in [0.1, 0.15) is 23.0 Å². The molecule has 10 heteroatoms. The van der Waals surface area contributed by atoms with Crippen molar-refractivity contribution in [2.75, 3.05) is 13.3 Å². The number of carbonyl (C=O) groups is 2. The van der Waals surface area contributed by atoms with Crippen LogP contribution in [0.5, 0.6) is 23.0 Å². The lowest BCUT2D eigenvalue weighted by atomic mass is 9.77. The van der Waals surface area contributed by atoms with E-state index in [9.17, 15) is 9.59 Å². The predicted molar refractivity (Wildman–Crippen MR) is 112 cm³/mol. The van der Waals surface area contributed by atoms with Crippen LogP contribution in [0.3, 0.4) is 0 Å². The molecule has 0 saturated heterocycles. The zero-order valence-corrected chi connectivity index (χ0v) is 16.9. The second-order valence-corrected chi connectivity index (χ2v) is 7.22. The topological polar surface area (TPSA) is 140 Å². The van der Waals surface area contributed by atoms with E-state index in [2.05, 4.69) is 10.0 Å². The van der Waals surface area contributed by atoms with Crippen molar-refractivity contribution in [2.24, 2.45) is 5.11 Å². The van der Waals surface area contributed by atoms with Crippen LogP contribution in [-0.4, -0.2) is 30.4 Å². The van der Waals surface area contributed by atoms with E-state index >= 15 is 0 Å². The lowest BCUT2D eigenvalue weighted by Crippen LogP contribution is -2.33. The van der Waals surface area contributed by atoms with Gasteiger partial charge in [0, 0.05) is 33.7 Å². The molecule has 2 aliphatic heterocycles.